The average Bonchev–Trinajstić information content (AvgIpc) is 3.06. The number of aliphatic hydroxyl groups is 1. The second-order valence-electron chi connectivity index (χ2n) is 6.12. The number of rotatable bonds is 6. The van der Waals surface area contributed by atoms with Crippen LogP contribution in [-0.4, -0.2) is 70.9 Å². The number of aliphatic hydroxyl groups excluding tert-OH is 1. The molecule has 0 aliphatic carbocycles. The van der Waals surface area contributed by atoms with Crippen molar-refractivity contribution in [3.63, 3.8) is 0 Å². The fourth-order valence-electron chi connectivity index (χ4n) is 3.01. The van der Waals surface area contributed by atoms with Crippen molar-refractivity contribution in [1.29, 1.82) is 0 Å². The maximum absolute atomic E-state index is 9.52. The van der Waals surface area contributed by atoms with Gasteiger partial charge in [0.15, 0.2) is 0 Å². The molecule has 1 aliphatic rings. The molecule has 124 valence electrons. The normalized spacial score (nSPS) is 20.0. The minimum absolute atomic E-state index is 0.211. The summed E-state index contributed by atoms with van der Waals surface area (Å²) in [5, 5.41) is 13.6. The van der Waals surface area contributed by atoms with Crippen molar-refractivity contribution < 1.29 is 9.63 Å². The van der Waals surface area contributed by atoms with Crippen LogP contribution < -0.4 is 0 Å². The molecular formula is C17H24N4O2. The van der Waals surface area contributed by atoms with E-state index in [1.807, 2.05) is 30.3 Å². The van der Waals surface area contributed by atoms with Gasteiger partial charge in [-0.2, -0.15) is 4.98 Å². The molecule has 0 bridgehead atoms. The third-order valence-corrected chi connectivity index (χ3v) is 4.35. The minimum Gasteiger partial charge on any atom is -0.395 e. The topological polar surface area (TPSA) is 65.6 Å². The van der Waals surface area contributed by atoms with Gasteiger partial charge in [-0.25, -0.2) is 0 Å². The maximum atomic E-state index is 9.52. The summed E-state index contributed by atoms with van der Waals surface area (Å²) >= 11 is 0. The third kappa shape index (κ3) is 4.16. The first-order chi connectivity index (χ1) is 11.3. The van der Waals surface area contributed by atoms with Gasteiger partial charge in [0.05, 0.1) is 6.61 Å². The lowest BCUT2D eigenvalue weighted by molar-refractivity contribution is 0.0502. The number of piperazine rings is 1. The first-order valence-electron chi connectivity index (χ1n) is 8.17. The van der Waals surface area contributed by atoms with Gasteiger partial charge in [0.1, 0.15) is 0 Å². The highest BCUT2D eigenvalue weighted by atomic mass is 16.5. The molecule has 1 fully saturated rings. The lowest BCUT2D eigenvalue weighted by Crippen LogP contribution is -2.53. The molecular weight excluding hydrogens is 292 g/mol. The van der Waals surface area contributed by atoms with Crippen molar-refractivity contribution in [3.8, 4) is 11.4 Å². The van der Waals surface area contributed by atoms with Gasteiger partial charge in [0.2, 0.25) is 11.7 Å². The number of hydrogen-bond acceptors (Lipinski definition) is 6. The van der Waals surface area contributed by atoms with Gasteiger partial charge in [-0.3, -0.25) is 4.90 Å². The fraction of sp³-hybridized carbons (Fsp3) is 0.529. The monoisotopic (exact) mass is 316 g/mol. The molecule has 3 rings (SSSR count). The first-order valence-corrected chi connectivity index (χ1v) is 8.17. The number of nitrogens with zero attached hydrogens (tertiary/aromatic N) is 4. The molecule has 1 N–H and O–H groups in total. The Labute approximate surface area is 136 Å². The molecule has 1 saturated heterocycles. The molecule has 2 aromatic rings. The van der Waals surface area contributed by atoms with Gasteiger partial charge in [-0.1, -0.05) is 35.5 Å². The van der Waals surface area contributed by atoms with Crippen molar-refractivity contribution >= 4 is 0 Å². The molecule has 1 aliphatic heterocycles. The summed E-state index contributed by atoms with van der Waals surface area (Å²) in [6.07, 6.45) is 1.72. The van der Waals surface area contributed by atoms with Crippen LogP contribution in [0.2, 0.25) is 0 Å². The van der Waals surface area contributed by atoms with E-state index in [1.54, 1.807) is 0 Å². The highest BCUT2D eigenvalue weighted by molar-refractivity contribution is 5.53. The Morgan fingerprint density at radius 1 is 1.26 bits per heavy atom. The molecule has 0 spiro atoms. The van der Waals surface area contributed by atoms with Crippen molar-refractivity contribution in [2.24, 2.45) is 0 Å². The summed E-state index contributed by atoms with van der Waals surface area (Å²) in [4.78, 5) is 9.08. The summed E-state index contributed by atoms with van der Waals surface area (Å²) < 4.78 is 5.34. The van der Waals surface area contributed by atoms with Crippen LogP contribution in [-0.2, 0) is 6.42 Å². The Hall–Kier alpha value is -1.76. The van der Waals surface area contributed by atoms with Crippen LogP contribution in [0.1, 0.15) is 12.3 Å². The highest BCUT2D eigenvalue weighted by Crippen LogP contribution is 2.16. The third-order valence-electron chi connectivity index (χ3n) is 4.35. The Balaban J connectivity index is 1.50. The summed E-state index contributed by atoms with van der Waals surface area (Å²) in [7, 11) is 2.10. The first kappa shape index (κ1) is 16.1. The van der Waals surface area contributed by atoms with Crippen LogP contribution in [0.3, 0.4) is 0 Å². The second-order valence-corrected chi connectivity index (χ2v) is 6.12. The van der Waals surface area contributed by atoms with E-state index >= 15 is 0 Å². The summed E-state index contributed by atoms with van der Waals surface area (Å²) in [5.41, 5.74) is 0.974. The summed E-state index contributed by atoms with van der Waals surface area (Å²) in [6.45, 7) is 4.14. The van der Waals surface area contributed by atoms with E-state index in [0.717, 1.165) is 44.6 Å². The molecule has 1 aromatic heterocycles. The van der Waals surface area contributed by atoms with Gasteiger partial charge in [0.25, 0.3) is 0 Å². The van der Waals surface area contributed by atoms with E-state index in [-0.39, 0.29) is 12.6 Å². The number of benzene rings is 1. The van der Waals surface area contributed by atoms with Gasteiger partial charge in [0, 0.05) is 37.7 Å². The lowest BCUT2D eigenvalue weighted by Gasteiger charge is -2.39. The number of aromatic nitrogens is 2. The average molecular weight is 316 g/mol. The van der Waals surface area contributed by atoms with Crippen LogP contribution in [0.15, 0.2) is 34.9 Å². The zero-order valence-corrected chi connectivity index (χ0v) is 13.6. The van der Waals surface area contributed by atoms with Crippen LogP contribution >= 0.6 is 0 Å². The van der Waals surface area contributed by atoms with E-state index in [1.165, 1.54) is 0 Å². The maximum Gasteiger partial charge on any atom is 0.227 e. The van der Waals surface area contributed by atoms with Crippen molar-refractivity contribution in [2.75, 3.05) is 39.8 Å². The van der Waals surface area contributed by atoms with E-state index < -0.39 is 0 Å². The van der Waals surface area contributed by atoms with Gasteiger partial charge in [-0.05, 0) is 20.0 Å². The van der Waals surface area contributed by atoms with E-state index in [9.17, 15) is 5.11 Å². The molecule has 23 heavy (non-hydrogen) atoms. The second kappa shape index (κ2) is 7.68. The van der Waals surface area contributed by atoms with Crippen LogP contribution in [0, 0.1) is 0 Å². The van der Waals surface area contributed by atoms with Crippen LogP contribution in [0.4, 0.5) is 0 Å². The predicted molar refractivity (Wildman–Crippen MR) is 88.0 cm³/mol. The SMILES string of the molecule is CN1CCN(CCCc2nc(-c3ccccc3)no2)C(CO)C1. The van der Waals surface area contributed by atoms with Crippen LogP contribution in [0.5, 0.6) is 0 Å². The van der Waals surface area contributed by atoms with Crippen LogP contribution in [0.25, 0.3) is 11.4 Å². The summed E-state index contributed by atoms with van der Waals surface area (Å²) in [5.74, 6) is 1.33. The minimum atomic E-state index is 0.211. The molecule has 6 nitrogen and oxygen atoms in total. The van der Waals surface area contributed by atoms with Gasteiger partial charge in [-0.15, -0.1) is 0 Å². The molecule has 0 radical (unpaired) electrons. The largest absolute Gasteiger partial charge is 0.395 e. The predicted octanol–water partition coefficient (Wildman–Crippen LogP) is 1.28. The zero-order valence-electron chi connectivity index (χ0n) is 13.6. The molecule has 0 saturated carbocycles. The van der Waals surface area contributed by atoms with Gasteiger partial charge < -0.3 is 14.5 Å². The smallest absolute Gasteiger partial charge is 0.227 e. The molecule has 6 heteroatoms. The molecule has 1 atom stereocenters. The van der Waals surface area contributed by atoms with E-state index in [4.69, 9.17) is 4.52 Å². The Morgan fingerprint density at radius 2 is 2.09 bits per heavy atom. The molecule has 1 unspecified atom stereocenters. The summed E-state index contributed by atoms with van der Waals surface area (Å²) in [6, 6.07) is 10.1. The fourth-order valence-corrected chi connectivity index (χ4v) is 3.01. The van der Waals surface area contributed by atoms with Crippen molar-refractivity contribution in [3.05, 3.63) is 36.2 Å². The van der Waals surface area contributed by atoms with E-state index in [2.05, 4.69) is 27.0 Å². The van der Waals surface area contributed by atoms with E-state index in [0.29, 0.717) is 11.7 Å². The zero-order chi connectivity index (χ0) is 16.1. The van der Waals surface area contributed by atoms with Gasteiger partial charge >= 0.3 is 0 Å². The quantitative estimate of drug-likeness (QED) is 0.866. The Kier molecular flexibility index (Phi) is 5.38. The van der Waals surface area contributed by atoms with Crippen molar-refractivity contribution in [2.45, 2.75) is 18.9 Å². The number of hydrogen-bond donors (Lipinski definition) is 1. The molecule has 0 amide bonds. The Bertz CT molecular complexity index is 602. The number of aryl methyl sites for hydroxylation is 1. The number of likely N-dealkylation sites (N-methyl/N-ethyl adjacent to an activating group) is 1. The lowest BCUT2D eigenvalue weighted by atomic mass is 10.1. The highest BCUT2D eigenvalue weighted by Gasteiger charge is 2.24. The Morgan fingerprint density at radius 3 is 2.87 bits per heavy atom. The standard InChI is InChI=1S/C17H24N4O2/c1-20-10-11-21(15(12-20)13-22)9-5-8-16-18-17(19-23-16)14-6-3-2-4-7-14/h2-4,6-7,15,22H,5,8-13H2,1H3. The molecule has 2 heterocycles. The molecule has 1 aromatic carbocycles. The van der Waals surface area contributed by atoms with Crippen molar-refractivity contribution in [1.82, 2.24) is 19.9 Å².